The van der Waals surface area contributed by atoms with Crippen LogP contribution in [0, 0.1) is 0 Å². The molecule has 0 aromatic heterocycles. The zero-order chi connectivity index (χ0) is 16.1. The monoisotopic (exact) mass is 311 g/mol. The van der Waals surface area contributed by atoms with Gasteiger partial charge in [0, 0.05) is 13.6 Å². The number of hydrogen-bond acceptors (Lipinski definition) is 3. The third-order valence-corrected chi connectivity index (χ3v) is 3.98. The molecule has 1 heterocycles. The summed E-state index contributed by atoms with van der Waals surface area (Å²) >= 11 is 0. The van der Waals surface area contributed by atoms with Gasteiger partial charge in [0.05, 0.1) is 19.8 Å². The summed E-state index contributed by atoms with van der Waals surface area (Å²) in [5, 5.41) is 0. The Hall–Kier alpha value is -2.17. The van der Waals surface area contributed by atoms with Gasteiger partial charge in [-0.25, -0.2) is 0 Å². The number of benzene rings is 2. The number of hydrogen-bond donors (Lipinski definition) is 0. The molecule has 0 saturated carbocycles. The molecule has 2 aromatic carbocycles. The second kappa shape index (κ2) is 7.40. The molecule has 1 amide bonds. The van der Waals surface area contributed by atoms with Crippen LogP contribution in [0.1, 0.15) is 5.56 Å². The van der Waals surface area contributed by atoms with E-state index in [9.17, 15) is 4.79 Å². The Morgan fingerprint density at radius 3 is 2.57 bits per heavy atom. The predicted molar refractivity (Wildman–Crippen MR) is 88.9 cm³/mol. The molecule has 1 atom stereocenters. The Labute approximate surface area is 136 Å². The molecule has 4 heteroatoms. The van der Waals surface area contributed by atoms with E-state index in [2.05, 4.69) is 24.3 Å². The molecule has 2 aromatic rings. The van der Waals surface area contributed by atoms with Crippen molar-refractivity contribution in [2.75, 3.05) is 26.9 Å². The molecule has 120 valence electrons. The van der Waals surface area contributed by atoms with E-state index in [4.69, 9.17) is 9.47 Å². The summed E-state index contributed by atoms with van der Waals surface area (Å²) in [6.07, 6.45) is -0.488. The summed E-state index contributed by atoms with van der Waals surface area (Å²) in [5.41, 5.74) is 3.42. The minimum absolute atomic E-state index is 0.0347. The van der Waals surface area contributed by atoms with Gasteiger partial charge >= 0.3 is 0 Å². The maximum Gasteiger partial charge on any atom is 0.254 e. The van der Waals surface area contributed by atoms with E-state index in [0.717, 1.165) is 16.7 Å². The zero-order valence-corrected chi connectivity index (χ0v) is 13.3. The number of carbonyl (C=O) groups excluding carboxylic acids is 1. The molecule has 0 spiro atoms. The van der Waals surface area contributed by atoms with Crippen molar-refractivity contribution in [3.8, 4) is 11.1 Å². The standard InChI is InChI=1S/C19H21NO3/c1-20(19(21)18-14-22-11-12-23-18)13-16-9-5-6-10-17(16)15-7-3-2-4-8-15/h2-10,18H,11-14H2,1H3. The van der Waals surface area contributed by atoms with Crippen molar-refractivity contribution >= 4 is 5.91 Å². The van der Waals surface area contributed by atoms with Gasteiger partial charge in [0.2, 0.25) is 0 Å². The summed E-state index contributed by atoms with van der Waals surface area (Å²) in [6.45, 7) is 1.92. The first-order valence-corrected chi connectivity index (χ1v) is 7.83. The fraction of sp³-hybridized carbons (Fsp3) is 0.316. The molecule has 1 saturated heterocycles. The second-order valence-corrected chi connectivity index (χ2v) is 5.65. The molecule has 0 aliphatic carbocycles. The lowest BCUT2D eigenvalue weighted by molar-refractivity contribution is -0.157. The molecule has 0 radical (unpaired) electrons. The fourth-order valence-electron chi connectivity index (χ4n) is 2.77. The molecule has 3 rings (SSSR count). The number of likely N-dealkylation sites (N-methyl/N-ethyl adjacent to an activating group) is 1. The quantitative estimate of drug-likeness (QED) is 0.871. The van der Waals surface area contributed by atoms with Crippen molar-refractivity contribution in [3.63, 3.8) is 0 Å². The molecular formula is C19H21NO3. The zero-order valence-electron chi connectivity index (χ0n) is 13.3. The van der Waals surface area contributed by atoms with Crippen LogP contribution in [0.4, 0.5) is 0 Å². The van der Waals surface area contributed by atoms with E-state index >= 15 is 0 Å². The van der Waals surface area contributed by atoms with Gasteiger partial charge < -0.3 is 14.4 Å². The van der Waals surface area contributed by atoms with Crippen molar-refractivity contribution in [1.82, 2.24) is 4.90 Å². The maximum absolute atomic E-state index is 12.5. The van der Waals surface area contributed by atoms with Crippen molar-refractivity contribution in [2.45, 2.75) is 12.6 Å². The third-order valence-electron chi connectivity index (χ3n) is 3.98. The van der Waals surface area contributed by atoms with E-state index in [0.29, 0.717) is 26.4 Å². The first-order valence-electron chi connectivity index (χ1n) is 7.83. The van der Waals surface area contributed by atoms with Gasteiger partial charge in [0.25, 0.3) is 5.91 Å². The van der Waals surface area contributed by atoms with Crippen LogP contribution in [-0.4, -0.2) is 43.8 Å². The van der Waals surface area contributed by atoms with Gasteiger partial charge in [-0.15, -0.1) is 0 Å². The topological polar surface area (TPSA) is 38.8 Å². The van der Waals surface area contributed by atoms with Crippen LogP contribution in [0.25, 0.3) is 11.1 Å². The highest BCUT2D eigenvalue weighted by atomic mass is 16.6. The van der Waals surface area contributed by atoms with Crippen LogP contribution < -0.4 is 0 Å². The average Bonchev–Trinajstić information content (AvgIpc) is 2.63. The highest BCUT2D eigenvalue weighted by Gasteiger charge is 2.26. The van der Waals surface area contributed by atoms with Crippen LogP contribution in [0.3, 0.4) is 0 Å². The van der Waals surface area contributed by atoms with Gasteiger partial charge in [-0.1, -0.05) is 54.6 Å². The van der Waals surface area contributed by atoms with Crippen molar-refractivity contribution < 1.29 is 14.3 Å². The number of carbonyl (C=O) groups is 1. The predicted octanol–water partition coefficient (Wildman–Crippen LogP) is 2.73. The molecule has 1 unspecified atom stereocenters. The first-order chi connectivity index (χ1) is 11.3. The Morgan fingerprint density at radius 2 is 1.83 bits per heavy atom. The smallest absolute Gasteiger partial charge is 0.254 e. The third kappa shape index (κ3) is 3.78. The van der Waals surface area contributed by atoms with Crippen molar-refractivity contribution in [1.29, 1.82) is 0 Å². The van der Waals surface area contributed by atoms with Crippen LogP contribution in [-0.2, 0) is 20.8 Å². The van der Waals surface area contributed by atoms with E-state index < -0.39 is 6.10 Å². The number of amides is 1. The Morgan fingerprint density at radius 1 is 1.09 bits per heavy atom. The molecule has 1 aliphatic heterocycles. The summed E-state index contributed by atoms with van der Waals surface area (Å²) in [4.78, 5) is 14.2. The van der Waals surface area contributed by atoms with Crippen LogP contribution in [0.15, 0.2) is 54.6 Å². The summed E-state index contributed by atoms with van der Waals surface area (Å²) in [5.74, 6) is -0.0347. The van der Waals surface area contributed by atoms with E-state index in [1.54, 1.807) is 4.90 Å². The summed E-state index contributed by atoms with van der Waals surface area (Å²) in [6, 6.07) is 18.4. The first kappa shape index (κ1) is 15.7. The molecule has 1 fully saturated rings. The molecule has 4 nitrogen and oxygen atoms in total. The minimum atomic E-state index is -0.488. The van der Waals surface area contributed by atoms with Gasteiger partial charge in [0.15, 0.2) is 6.10 Å². The van der Waals surface area contributed by atoms with Crippen molar-refractivity contribution in [3.05, 3.63) is 60.2 Å². The Kier molecular flexibility index (Phi) is 5.05. The lowest BCUT2D eigenvalue weighted by atomic mass is 9.99. The van der Waals surface area contributed by atoms with E-state index in [1.807, 2.05) is 37.4 Å². The maximum atomic E-state index is 12.5. The Balaban J connectivity index is 1.76. The highest BCUT2D eigenvalue weighted by molar-refractivity contribution is 5.81. The fourth-order valence-corrected chi connectivity index (χ4v) is 2.77. The van der Waals surface area contributed by atoms with Crippen LogP contribution in [0.5, 0.6) is 0 Å². The largest absolute Gasteiger partial charge is 0.376 e. The molecule has 0 N–H and O–H groups in total. The van der Waals surface area contributed by atoms with Crippen LogP contribution >= 0.6 is 0 Å². The van der Waals surface area contributed by atoms with Gasteiger partial charge in [-0.3, -0.25) is 4.79 Å². The molecule has 23 heavy (non-hydrogen) atoms. The number of rotatable bonds is 4. The highest BCUT2D eigenvalue weighted by Crippen LogP contribution is 2.24. The second-order valence-electron chi connectivity index (χ2n) is 5.65. The van der Waals surface area contributed by atoms with Crippen molar-refractivity contribution in [2.24, 2.45) is 0 Å². The average molecular weight is 311 g/mol. The summed E-state index contributed by atoms with van der Waals surface area (Å²) in [7, 11) is 1.81. The lowest BCUT2D eigenvalue weighted by Gasteiger charge is -2.27. The van der Waals surface area contributed by atoms with E-state index in [-0.39, 0.29) is 5.91 Å². The SMILES string of the molecule is CN(Cc1ccccc1-c1ccccc1)C(=O)C1COCCO1. The molecular weight excluding hydrogens is 290 g/mol. The number of nitrogens with zero attached hydrogens (tertiary/aromatic N) is 1. The Bertz CT molecular complexity index is 651. The lowest BCUT2D eigenvalue weighted by Crippen LogP contribution is -2.43. The van der Waals surface area contributed by atoms with Gasteiger partial charge in [-0.05, 0) is 16.7 Å². The van der Waals surface area contributed by atoms with Gasteiger partial charge in [0.1, 0.15) is 0 Å². The molecule has 0 bridgehead atoms. The minimum Gasteiger partial charge on any atom is -0.376 e. The molecule has 1 aliphatic rings. The summed E-state index contributed by atoms with van der Waals surface area (Å²) < 4.78 is 10.8. The number of ether oxygens (including phenoxy) is 2. The van der Waals surface area contributed by atoms with E-state index in [1.165, 1.54) is 0 Å². The van der Waals surface area contributed by atoms with Gasteiger partial charge in [-0.2, -0.15) is 0 Å². The van der Waals surface area contributed by atoms with Crippen LogP contribution in [0.2, 0.25) is 0 Å². The normalized spacial score (nSPS) is 17.7.